The van der Waals surface area contributed by atoms with Gasteiger partial charge < -0.3 is 14.2 Å². The summed E-state index contributed by atoms with van der Waals surface area (Å²) in [6, 6.07) is 15.0. The largest absolute Gasteiger partial charge is 0.451 e. The van der Waals surface area contributed by atoms with E-state index >= 15 is 0 Å². The molecule has 1 fully saturated rings. The highest BCUT2D eigenvalue weighted by atomic mass is 35.5. The highest BCUT2D eigenvalue weighted by molar-refractivity contribution is 7.99. The minimum absolute atomic E-state index is 0.00248. The minimum atomic E-state index is -0.150. The molecule has 5 rings (SSSR count). The first kappa shape index (κ1) is 22.5. The summed E-state index contributed by atoms with van der Waals surface area (Å²) in [7, 11) is 0. The smallest absolute Gasteiger partial charge is 0.289 e. The maximum Gasteiger partial charge on any atom is 0.289 e. The van der Waals surface area contributed by atoms with E-state index in [0.717, 1.165) is 16.6 Å². The van der Waals surface area contributed by atoms with E-state index in [0.29, 0.717) is 47.7 Å². The van der Waals surface area contributed by atoms with E-state index in [1.54, 1.807) is 22.2 Å². The highest BCUT2D eigenvalue weighted by Crippen LogP contribution is 2.24. The van der Waals surface area contributed by atoms with Gasteiger partial charge in [-0.1, -0.05) is 47.6 Å². The number of rotatable bonds is 5. The number of carbonyl (C=O) groups is 2. The summed E-state index contributed by atoms with van der Waals surface area (Å²) in [5, 5.41) is 10.3. The quantitative estimate of drug-likeness (QED) is 0.388. The number of fused-ring (bicyclic) bond motifs is 1. The molecule has 0 aliphatic carbocycles. The Labute approximate surface area is 205 Å². The summed E-state index contributed by atoms with van der Waals surface area (Å²) in [5.41, 5.74) is 2.52. The van der Waals surface area contributed by atoms with Crippen LogP contribution in [0, 0.1) is 6.92 Å². The number of hydrogen-bond acceptors (Lipinski definition) is 6. The molecular weight excluding hydrogens is 474 g/mol. The van der Waals surface area contributed by atoms with Crippen LogP contribution in [0.5, 0.6) is 0 Å². The average Bonchev–Trinajstić information content (AvgIpc) is 3.51. The molecule has 3 heterocycles. The molecule has 0 N–H and O–H groups in total. The molecule has 8 nitrogen and oxygen atoms in total. The Morgan fingerprint density at radius 2 is 1.82 bits per heavy atom. The van der Waals surface area contributed by atoms with Gasteiger partial charge in [-0.05, 0) is 36.8 Å². The van der Waals surface area contributed by atoms with Crippen LogP contribution in [-0.4, -0.2) is 68.3 Å². The fourth-order valence-electron chi connectivity index (χ4n) is 3.85. The molecule has 2 amide bonds. The number of nitrogens with zero attached hydrogens (tertiary/aromatic N) is 5. The third-order valence-corrected chi connectivity index (χ3v) is 7.17. The van der Waals surface area contributed by atoms with Gasteiger partial charge in [0.2, 0.25) is 5.91 Å². The molecule has 0 spiro atoms. The van der Waals surface area contributed by atoms with Gasteiger partial charge in [0.25, 0.3) is 5.91 Å². The molecule has 2 aromatic heterocycles. The number of carbonyl (C=O) groups excluding carboxylic acids is 2. The number of benzene rings is 2. The SMILES string of the molecule is Cc1ccc(-n2cnnc2SCC(=O)N2CCN(C(=O)c3cc4ccccc4o3)CC2)cc1Cl. The van der Waals surface area contributed by atoms with Crippen molar-refractivity contribution in [1.29, 1.82) is 0 Å². The predicted molar refractivity (Wildman–Crippen MR) is 131 cm³/mol. The van der Waals surface area contributed by atoms with E-state index < -0.39 is 0 Å². The Hall–Kier alpha value is -3.30. The zero-order valence-electron chi connectivity index (χ0n) is 18.5. The van der Waals surface area contributed by atoms with Crippen molar-refractivity contribution >= 4 is 46.1 Å². The fraction of sp³-hybridized carbons (Fsp3) is 0.250. The molecule has 2 aromatic carbocycles. The van der Waals surface area contributed by atoms with Gasteiger partial charge in [-0.2, -0.15) is 0 Å². The maximum atomic E-state index is 12.8. The zero-order chi connectivity index (χ0) is 23.7. The summed E-state index contributed by atoms with van der Waals surface area (Å²) in [6.45, 7) is 3.82. The summed E-state index contributed by atoms with van der Waals surface area (Å²) >= 11 is 7.58. The van der Waals surface area contributed by atoms with Crippen LogP contribution < -0.4 is 0 Å². The van der Waals surface area contributed by atoms with Crippen molar-refractivity contribution in [2.45, 2.75) is 12.1 Å². The molecule has 1 saturated heterocycles. The summed E-state index contributed by atoms with van der Waals surface area (Å²) in [4.78, 5) is 29.2. The number of amides is 2. The predicted octanol–water partition coefficient (Wildman–Crippen LogP) is 4.05. The van der Waals surface area contributed by atoms with Gasteiger partial charge in [0.1, 0.15) is 11.9 Å². The molecule has 0 unspecified atom stereocenters. The van der Waals surface area contributed by atoms with Crippen LogP contribution in [0.1, 0.15) is 16.1 Å². The Morgan fingerprint density at radius 1 is 1.06 bits per heavy atom. The lowest BCUT2D eigenvalue weighted by Crippen LogP contribution is -2.51. The molecule has 4 aromatic rings. The summed E-state index contributed by atoms with van der Waals surface area (Å²) in [6.07, 6.45) is 1.61. The third kappa shape index (κ3) is 4.53. The molecule has 174 valence electrons. The van der Waals surface area contributed by atoms with Crippen LogP contribution in [0.25, 0.3) is 16.7 Å². The second kappa shape index (κ2) is 9.52. The van der Waals surface area contributed by atoms with E-state index in [4.69, 9.17) is 16.0 Å². The van der Waals surface area contributed by atoms with Crippen molar-refractivity contribution in [3.05, 3.63) is 71.2 Å². The van der Waals surface area contributed by atoms with Gasteiger partial charge in [-0.15, -0.1) is 10.2 Å². The third-order valence-electron chi connectivity index (χ3n) is 5.83. The van der Waals surface area contributed by atoms with Crippen LogP contribution in [0.4, 0.5) is 0 Å². The Balaban J connectivity index is 1.17. The first-order chi connectivity index (χ1) is 16.5. The first-order valence-corrected chi connectivity index (χ1v) is 12.2. The number of para-hydroxylation sites is 1. The van der Waals surface area contributed by atoms with E-state index in [9.17, 15) is 9.59 Å². The van der Waals surface area contributed by atoms with Gasteiger partial charge in [0, 0.05) is 36.6 Å². The molecule has 1 aliphatic heterocycles. The molecule has 0 atom stereocenters. The van der Waals surface area contributed by atoms with Gasteiger partial charge in [-0.3, -0.25) is 14.2 Å². The van der Waals surface area contributed by atoms with Crippen LogP contribution in [0.15, 0.2) is 64.4 Å². The lowest BCUT2D eigenvalue weighted by atomic mass is 10.2. The molecule has 10 heteroatoms. The molecular formula is C24H22ClN5O3S. The summed E-state index contributed by atoms with van der Waals surface area (Å²) in [5.74, 6) is 0.405. The normalized spacial score (nSPS) is 14.1. The topological polar surface area (TPSA) is 84.5 Å². The van der Waals surface area contributed by atoms with Crippen LogP contribution >= 0.6 is 23.4 Å². The Bertz CT molecular complexity index is 1330. The van der Waals surface area contributed by atoms with Crippen molar-refractivity contribution in [2.24, 2.45) is 0 Å². The van der Waals surface area contributed by atoms with Crippen molar-refractivity contribution in [1.82, 2.24) is 24.6 Å². The molecule has 0 saturated carbocycles. The fourth-order valence-corrected chi connectivity index (χ4v) is 4.86. The van der Waals surface area contributed by atoms with Crippen LogP contribution in [-0.2, 0) is 4.79 Å². The molecule has 0 bridgehead atoms. The summed E-state index contributed by atoms with van der Waals surface area (Å²) < 4.78 is 7.51. The molecule has 34 heavy (non-hydrogen) atoms. The number of piperazine rings is 1. The number of aryl methyl sites for hydroxylation is 1. The highest BCUT2D eigenvalue weighted by Gasteiger charge is 2.27. The average molecular weight is 496 g/mol. The molecule has 1 aliphatic rings. The Morgan fingerprint density at radius 3 is 2.59 bits per heavy atom. The van der Waals surface area contributed by atoms with Gasteiger partial charge in [-0.25, -0.2) is 0 Å². The van der Waals surface area contributed by atoms with E-state index in [1.807, 2.05) is 54.0 Å². The van der Waals surface area contributed by atoms with Crippen LogP contribution in [0.3, 0.4) is 0 Å². The number of halogens is 1. The van der Waals surface area contributed by atoms with Crippen LogP contribution in [0.2, 0.25) is 5.02 Å². The number of thioether (sulfide) groups is 1. The second-order valence-corrected chi connectivity index (χ2v) is 9.38. The first-order valence-electron chi connectivity index (χ1n) is 10.8. The number of aromatic nitrogens is 3. The van der Waals surface area contributed by atoms with Crippen molar-refractivity contribution in [3.8, 4) is 5.69 Å². The minimum Gasteiger partial charge on any atom is -0.451 e. The van der Waals surface area contributed by atoms with E-state index in [-0.39, 0.29) is 17.6 Å². The van der Waals surface area contributed by atoms with Crippen molar-refractivity contribution in [3.63, 3.8) is 0 Å². The number of hydrogen-bond donors (Lipinski definition) is 0. The number of furan rings is 1. The lowest BCUT2D eigenvalue weighted by molar-refractivity contribution is -0.129. The van der Waals surface area contributed by atoms with Crippen molar-refractivity contribution < 1.29 is 14.0 Å². The maximum absolute atomic E-state index is 12.8. The lowest BCUT2D eigenvalue weighted by Gasteiger charge is -2.34. The van der Waals surface area contributed by atoms with Crippen molar-refractivity contribution in [2.75, 3.05) is 31.9 Å². The van der Waals surface area contributed by atoms with Gasteiger partial charge in [0.05, 0.1) is 11.4 Å². The van der Waals surface area contributed by atoms with E-state index in [1.165, 1.54) is 11.8 Å². The zero-order valence-corrected chi connectivity index (χ0v) is 20.1. The standard InChI is InChI=1S/C24H22ClN5O3S/c1-16-6-7-18(13-19(16)25)30-15-26-27-24(30)34-14-22(31)28-8-10-29(11-9-28)23(32)21-12-17-4-2-3-5-20(17)33-21/h2-7,12-13,15H,8-11,14H2,1H3. The van der Waals surface area contributed by atoms with Gasteiger partial charge in [0.15, 0.2) is 10.9 Å². The Kier molecular flexibility index (Phi) is 6.30. The molecule has 0 radical (unpaired) electrons. The van der Waals surface area contributed by atoms with Gasteiger partial charge >= 0.3 is 0 Å². The monoisotopic (exact) mass is 495 g/mol. The van der Waals surface area contributed by atoms with E-state index in [2.05, 4.69) is 10.2 Å². The second-order valence-electron chi connectivity index (χ2n) is 8.03.